The monoisotopic (exact) mass is 330 g/mol. The molecule has 2 aromatic rings. The van der Waals surface area contributed by atoms with Gasteiger partial charge in [-0.2, -0.15) is 0 Å². The van der Waals surface area contributed by atoms with Crippen molar-refractivity contribution in [2.75, 3.05) is 18.5 Å². The first-order valence-electron chi connectivity index (χ1n) is 7.03. The van der Waals surface area contributed by atoms with E-state index in [1.165, 1.54) is 22.5 Å². The van der Waals surface area contributed by atoms with Crippen molar-refractivity contribution in [3.63, 3.8) is 0 Å². The highest BCUT2D eigenvalue weighted by Crippen LogP contribution is 2.38. The number of rotatable bonds is 3. The van der Waals surface area contributed by atoms with Crippen LogP contribution >= 0.6 is 15.9 Å². The molecule has 1 unspecified atom stereocenters. The number of benzene rings is 2. The van der Waals surface area contributed by atoms with Gasteiger partial charge in [0, 0.05) is 22.7 Å². The van der Waals surface area contributed by atoms with E-state index in [9.17, 15) is 0 Å². The first kappa shape index (κ1) is 13.7. The van der Waals surface area contributed by atoms with Crippen LogP contribution < -0.4 is 10.2 Å². The molecular formula is C17H19BrN2. The van der Waals surface area contributed by atoms with E-state index in [0.29, 0.717) is 6.04 Å². The molecule has 2 aromatic carbocycles. The second kappa shape index (κ2) is 5.58. The summed E-state index contributed by atoms with van der Waals surface area (Å²) in [6, 6.07) is 15.7. The maximum atomic E-state index is 3.74. The van der Waals surface area contributed by atoms with Crippen LogP contribution in [0.15, 0.2) is 46.9 Å². The standard InChI is InChI=1S/C17H19BrN2/c1-12(19-2)14-7-8-17(15(18)11-14)20-10-9-13-5-3-4-6-16(13)20/h3-8,11-12,19H,9-10H2,1-2H3. The molecule has 0 aliphatic carbocycles. The summed E-state index contributed by atoms with van der Waals surface area (Å²) in [5.41, 5.74) is 5.33. The Morgan fingerprint density at radius 1 is 1.15 bits per heavy atom. The summed E-state index contributed by atoms with van der Waals surface area (Å²) >= 11 is 3.74. The molecule has 0 aromatic heterocycles. The zero-order chi connectivity index (χ0) is 14.1. The molecule has 104 valence electrons. The zero-order valence-corrected chi connectivity index (χ0v) is 13.4. The molecule has 0 spiro atoms. The van der Waals surface area contributed by atoms with Crippen molar-refractivity contribution in [2.45, 2.75) is 19.4 Å². The summed E-state index contributed by atoms with van der Waals surface area (Å²) < 4.78 is 1.16. The Bertz CT molecular complexity index is 624. The number of nitrogens with zero attached hydrogens (tertiary/aromatic N) is 1. The molecular weight excluding hydrogens is 312 g/mol. The average Bonchev–Trinajstić information content (AvgIpc) is 2.90. The van der Waals surface area contributed by atoms with Gasteiger partial charge in [-0.15, -0.1) is 0 Å². The smallest absolute Gasteiger partial charge is 0.0555 e. The number of nitrogens with one attached hydrogen (secondary N) is 1. The molecule has 1 N–H and O–H groups in total. The van der Waals surface area contributed by atoms with E-state index in [4.69, 9.17) is 0 Å². The second-order valence-corrected chi connectivity index (χ2v) is 6.11. The normalized spacial score (nSPS) is 15.2. The van der Waals surface area contributed by atoms with E-state index in [2.05, 4.69) is 75.5 Å². The molecule has 2 nitrogen and oxygen atoms in total. The van der Waals surface area contributed by atoms with E-state index in [1.807, 2.05) is 7.05 Å². The van der Waals surface area contributed by atoms with Crippen molar-refractivity contribution in [3.05, 3.63) is 58.1 Å². The summed E-state index contributed by atoms with van der Waals surface area (Å²) in [7, 11) is 1.99. The molecule has 0 bridgehead atoms. The third-order valence-electron chi connectivity index (χ3n) is 4.08. The molecule has 0 amide bonds. The number of anilines is 2. The molecule has 20 heavy (non-hydrogen) atoms. The van der Waals surface area contributed by atoms with E-state index in [0.717, 1.165) is 17.4 Å². The van der Waals surface area contributed by atoms with Crippen LogP contribution in [0.2, 0.25) is 0 Å². The van der Waals surface area contributed by atoms with Crippen LogP contribution in [0.25, 0.3) is 0 Å². The van der Waals surface area contributed by atoms with Crippen LogP contribution in [-0.4, -0.2) is 13.6 Å². The minimum absolute atomic E-state index is 0.367. The maximum Gasteiger partial charge on any atom is 0.0555 e. The average molecular weight is 331 g/mol. The Labute approximate surface area is 128 Å². The zero-order valence-electron chi connectivity index (χ0n) is 11.9. The third kappa shape index (κ3) is 2.36. The van der Waals surface area contributed by atoms with Gasteiger partial charge in [0.25, 0.3) is 0 Å². The van der Waals surface area contributed by atoms with Gasteiger partial charge in [-0.05, 0) is 65.6 Å². The van der Waals surface area contributed by atoms with Crippen molar-refractivity contribution < 1.29 is 0 Å². The second-order valence-electron chi connectivity index (χ2n) is 5.25. The van der Waals surface area contributed by atoms with Gasteiger partial charge in [-0.1, -0.05) is 24.3 Å². The molecule has 0 saturated heterocycles. The Kier molecular flexibility index (Phi) is 3.81. The fraction of sp³-hybridized carbons (Fsp3) is 0.294. The van der Waals surface area contributed by atoms with Crippen molar-refractivity contribution in [1.82, 2.24) is 5.32 Å². The lowest BCUT2D eigenvalue weighted by molar-refractivity contribution is 0.652. The van der Waals surface area contributed by atoms with Gasteiger partial charge in [0.1, 0.15) is 0 Å². The fourth-order valence-corrected chi connectivity index (χ4v) is 3.38. The summed E-state index contributed by atoms with van der Waals surface area (Å²) in [5, 5.41) is 3.28. The predicted octanol–water partition coefficient (Wildman–Crippen LogP) is 4.42. The van der Waals surface area contributed by atoms with Crippen LogP contribution in [0.4, 0.5) is 11.4 Å². The van der Waals surface area contributed by atoms with Crippen molar-refractivity contribution in [3.8, 4) is 0 Å². The number of fused-ring (bicyclic) bond motifs is 1. The Morgan fingerprint density at radius 2 is 1.95 bits per heavy atom. The molecule has 1 atom stereocenters. The number of hydrogen-bond acceptors (Lipinski definition) is 2. The van der Waals surface area contributed by atoms with Gasteiger partial charge in [0.2, 0.25) is 0 Å². The Hall–Kier alpha value is -1.32. The molecule has 1 aliphatic heterocycles. The summed E-state index contributed by atoms with van der Waals surface area (Å²) in [6.07, 6.45) is 1.12. The Balaban J connectivity index is 1.96. The lowest BCUT2D eigenvalue weighted by atomic mass is 10.1. The van der Waals surface area contributed by atoms with Crippen LogP contribution in [0.5, 0.6) is 0 Å². The summed E-state index contributed by atoms with van der Waals surface area (Å²) in [4.78, 5) is 2.40. The predicted molar refractivity (Wildman–Crippen MR) is 88.8 cm³/mol. The molecule has 1 heterocycles. The van der Waals surface area contributed by atoms with Crippen molar-refractivity contribution in [2.24, 2.45) is 0 Å². The number of para-hydroxylation sites is 1. The highest BCUT2D eigenvalue weighted by Gasteiger charge is 2.21. The van der Waals surface area contributed by atoms with Crippen LogP contribution in [0.1, 0.15) is 24.1 Å². The first-order valence-corrected chi connectivity index (χ1v) is 7.82. The number of hydrogen-bond donors (Lipinski definition) is 1. The third-order valence-corrected chi connectivity index (χ3v) is 4.72. The van der Waals surface area contributed by atoms with Crippen LogP contribution in [0, 0.1) is 0 Å². The SMILES string of the molecule is CNC(C)c1ccc(N2CCc3ccccc32)c(Br)c1. The van der Waals surface area contributed by atoms with Gasteiger partial charge < -0.3 is 10.2 Å². The van der Waals surface area contributed by atoms with Gasteiger partial charge in [0.15, 0.2) is 0 Å². The minimum atomic E-state index is 0.367. The summed E-state index contributed by atoms with van der Waals surface area (Å²) in [6.45, 7) is 3.23. The fourth-order valence-electron chi connectivity index (χ4n) is 2.77. The summed E-state index contributed by atoms with van der Waals surface area (Å²) in [5.74, 6) is 0. The first-order chi connectivity index (χ1) is 9.70. The van der Waals surface area contributed by atoms with Gasteiger partial charge in [-0.25, -0.2) is 0 Å². The van der Waals surface area contributed by atoms with Gasteiger partial charge in [0.05, 0.1) is 5.69 Å². The molecule has 3 rings (SSSR count). The van der Waals surface area contributed by atoms with Crippen LogP contribution in [0.3, 0.4) is 0 Å². The molecule has 1 aliphatic rings. The molecule has 0 radical (unpaired) electrons. The van der Waals surface area contributed by atoms with E-state index in [-0.39, 0.29) is 0 Å². The largest absolute Gasteiger partial charge is 0.340 e. The maximum absolute atomic E-state index is 3.74. The van der Waals surface area contributed by atoms with E-state index < -0.39 is 0 Å². The topological polar surface area (TPSA) is 15.3 Å². The quantitative estimate of drug-likeness (QED) is 0.895. The van der Waals surface area contributed by atoms with Crippen LogP contribution in [-0.2, 0) is 6.42 Å². The molecule has 0 saturated carbocycles. The highest BCUT2D eigenvalue weighted by molar-refractivity contribution is 9.10. The molecule has 0 fully saturated rings. The minimum Gasteiger partial charge on any atom is -0.340 e. The van der Waals surface area contributed by atoms with Crippen molar-refractivity contribution in [1.29, 1.82) is 0 Å². The number of halogens is 1. The lowest BCUT2D eigenvalue weighted by Crippen LogP contribution is -2.15. The Morgan fingerprint density at radius 3 is 2.70 bits per heavy atom. The van der Waals surface area contributed by atoms with Crippen molar-refractivity contribution >= 4 is 27.3 Å². The highest BCUT2D eigenvalue weighted by atomic mass is 79.9. The van der Waals surface area contributed by atoms with Gasteiger partial charge >= 0.3 is 0 Å². The lowest BCUT2D eigenvalue weighted by Gasteiger charge is -2.22. The van der Waals surface area contributed by atoms with Gasteiger partial charge in [-0.3, -0.25) is 0 Å². The van der Waals surface area contributed by atoms with E-state index >= 15 is 0 Å². The van der Waals surface area contributed by atoms with E-state index in [1.54, 1.807) is 0 Å². The molecule has 3 heteroatoms.